The van der Waals surface area contributed by atoms with Gasteiger partial charge in [-0.05, 0) is 66.2 Å². The number of halogens is 1. The van der Waals surface area contributed by atoms with Crippen molar-refractivity contribution in [2.75, 3.05) is 5.01 Å². The van der Waals surface area contributed by atoms with E-state index in [-0.39, 0.29) is 12.0 Å². The SMILES string of the molecule is CC(C)OC(=O)c1ccc(N(C(=O)c2ccccc2Br)n2ccnc2)cc1. The molecule has 1 aromatic heterocycles. The first-order valence-corrected chi connectivity index (χ1v) is 9.15. The smallest absolute Gasteiger partial charge is 0.338 e. The van der Waals surface area contributed by atoms with Gasteiger partial charge in [0.2, 0.25) is 0 Å². The molecular weight excluding hydrogens is 410 g/mol. The number of amides is 1. The number of nitrogens with zero attached hydrogens (tertiary/aromatic N) is 3. The Bertz CT molecular complexity index is 937. The highest BCUT2D eigenvalue weighted by molar-refractivity contribution is 9.10. The normalized spacial score (nSPS) is 10.7. The topological polar surface area (TPSA) is 64.4 Å². The van der Waals surface area contributed by atoms with Crippen molar-refractivity contribution in [2.24, 2.45) is 0 Å². The number of carbonyl (C=O) groups excluding carboxylic acids is 2. The molecule has 27 heavy (non-hydrogen) atoms. The number of benzene rings is 2. The average molecular weight is 428 g/mol. The fourth-order valence-electron chi connectivity index (χ4n) is 2.50. The fourth-order valence-corrected chi connectivity index (χ4v) is 2.95. The molecule has 0 N–H and O–H groups in total. The van der Waals surface area contributed by atoms with E-state index in [0.29, 0.717) is 21.3 Å². The van der Waals surface area contributed by atoms with Crippen LogP contribution in [-0.2, 0) is 4.74 Å². The van der Waals surface area contributed by atoms with Crippen LogP contribution in [0.25, 0.3) is 0 Å². The van der Waals surface area contributed by atoms with Crippen LogP contribution in [0.5, 0.6) is 0 Å². The van der Waals surface area contributed by atoms with Gasteiger partial charge >= 0.3 is 5.97 Å². The molecule has 0 bridgehead atoms. The van der Waals surface area contributed by atoms with Crippen LogP contribution in [0.4, 0.5) is 5.69 Å². The zero-order valence-electron chi connectivity index (χ0n) is 14.9. The zero-order valence-corrected chi connectivity index (χ0v) is 16.5. The molecule has 138 valence electrons. The molecule has 1 heterocycles. The maximum atomic E-state index is 13.2. The Morgan fingerprint density at radius 1 is 1.11 bits per heavy atom. The lowest BCUT2D eigenvalue weighted by atomic mass is 10.1. The summed E-state index contributed by atoms with van der Waals surface area (Å²) in [4.78, 5) is 29.3. The number of anilines is 1. The summed E-state index contributed by atoms with van der Waals surface area (Å²) in [6, 6.07) is 13.9. The van der Waals surface area contributed by atoms with E-state index in [1.165, 1.54) is 11.3 Å². The van der Waals surface area contributed by atoms with Gasteiger partial charge in [-0.25, -0.2) is 19.5 Å². The number of aromatic nitrogens is 2. The monoisotopic (exact) mass is 427 g/mol. The van der Waals surface area contributed by atoms with Crippen LogP contribution in [0.2, 0.25) is 0 Å². The van der Waals surface area contributed by atoms with Gasteiger partial charge in [-0.15, -0.1) is 0 Å². The molecule has 0 unspecified atom stereocenters. The second-order valence-electron chi connectivity index (χ2n) is 6.04. The first-order valence-electron chi connectivity index (χ1n) is 8.35. The van der Waals surface area contributed by atoms with E-state index >= 15 is 0 Å². The molecule has 0 aliphatic carbocycles. The van der Waals surface area contributed by atoms with Crippen LogP contribution in [-0.4, -0.2) is 27.6 Å². The van der Waals surface area contributed by atoms with Gasteiger partial charge in [0.15, 0.2) is 0 Å². The highest BCUT2D eigenvalue weighted by Crippen LogP contribution is 2.23. The Balaban J connectivity index is 1.96. The molecule has 3 aromatic rings. The van der Waals surface area contributed by atoms with Crippen molar-refractivity contribution >= 4 is 33.5 Å². The number of rotatable bonds is 5. The summed E-state index contributed by atoms with van der Waals surface area (Å²) < 4.78 is 7.48. The summed E-state index contributed by atoms with van der Waals surface area (Å²) in [5.74, 6) is -0.638. The second-order valence-corrected chi connectivity index (χ2v) is 6.89. The van der Waals surface area contributed by atoms with E-state index in [0.717, 1.165) is 0 Å². The summed E-state index contributed by atoms with van der Waals surface area (Å²) in [6.45, 7) is 3.59. The third kappa shape index (κ3) is 4.25. The van der Waals surface area contributed by atoms with Gasteiger partial charge < -0.3 is 4.74 Å². The Kier molecular flexibility index (Phi) is 5.71. The minimum Gasteiger partial charge on any atom is -0.459 e. The van der Waals surface area contributed by atoms with Crippen LogP contribution in [0.15, 0.2) is 71.7 Å². The van der Waals surface area contributed by atoms with Crippen molar-refractivity contribution in [1.29, 1.82) is 0 Å². The molecule has 0 aliphatic rings. The van der Waals surface area contributed by atoms with Crippen molar-refractivity contribution < 1.29 is 14.3 Å². The van der Waals surface area contributed by atoms with Crippen LogP contribution in [0.3, 0.4) is 0 Å². The van der Waals surface area contributed by atoms with Crippen molar-refractivity contribution in [1.82, 2.24) is 9.66 Å². The van der Waals surface area contributed by atoms with Crippen molar-refractivity contribution in [3.05, 3.63) is 82.9 Å². The van der Waals surface area contributed by atoms with Crippen LogP contribution < -0.4 is 5.01 Å². The highest BCUT2D eigenvalue weighted by atomic mass is 79.9. The van der Waals surface area contributed by atoms with Crippen molar-refractivity contribution in [3.63, 3.8) is 0 Å². The number of imidazole rings is 1. The Morgan fingerprint density at radius 3 is 2.41 bits per heavy atom. The quantitative estimate of drug-likeness (QED) is 0.568. The van der Waals surface area contributed by atoms with Gasteiger partial charge in [0.1, 0.15) is 6.33 Å². The third-order valence-electron chi connectivity index (χ3n) is 3.71. The fraction of sp³-hybridized carbons (Fsp3) is 0.150. The van der Waals surface area contributed by atoms with Gasteiger partial charge in [-0.3, -0.25) is 4.79 Å². The summed E-state index contributed by atoms with van der Waals surface area (Å²) in [7, 11) is 0. The molecule has 1 amide bonds. The molecule has 0 spiro atoms. The van der Waals surface area contributed by atoms with E-state index in [9.17, 15) is 9.59 Å². The summed E-state index contributed by atoms with van der Waals surface area (Å²) >= 11 is 3.42. The molecule has 0 atom stereocenters. The van der Waals surface area contributed by atoms with Gasteiger partial charge in [-0.1, -0.05) is 12.1 Å². The average Bonchev–Trinajstić information content (AvgIpc) is 3.16. The first kappa shape index (κ1) is 18.8. The maximum absolute atomic E-state index is 13.2. The molecule has 0 aliphatic heterocycles. The summed E-state index contributed by atoms with van der Waals surface area (Å²) in [5.41, 5.74) is 1.52. The first-order chi connectivity index (χ1) is 13.0. The predicted octanol–water partition coefficient (Wildman–Crippen LogP) is 4.32. The Morgan fingerprint density at radius 2 is 1.81 bits per heavy atom. The van der Waals surface area contributed by atoms with Crippen LogP contribution in [0.1, 0.15) is 34.6 Å². The lowest BCUT2D eigenvalue weighted by molar-refractivity contribution is 0.0378. The minimum atomic E-state index is -0.400. The molecule has 2 aromatic carbocycles. The van der Waals surface area contributed by atoms with E-state index in [1.807, 2.05) is 12.1 Å². The lowest BCUT2D eigenvalue weighted by Gasteiger charge is -2.24. The number of hydrogen-bond donors (Lipinski definition) is 0. The van der Waals surface area contributed by atoms with Crippen molar-refractivity contribution in [2.45, 2.75) is 20.0 Å². The van der Waals surface area contributed by atoms with Gasteiger partial charge in [-0.2, -0.15) is 0 Å². The molecule has 0 fully saturated rings. The number of carbonyl (C=O) groups is 2. The van der Waals surface area contributed by atoms with E-state index < -0.39 is 5.97 Å². The lowest BCUT2D eigenvalue weighted by Crippen LogP contribution is -2.35. The van der Waals surface area contributed by atoms with E-state index in [2.05, 4.69) is 20.9 Å². The van der Waals surface area contributed by atoms with Gasteiger partial charge in [0.25, 0.3) is 5.91 Å². The third-order valence-corrected chi connectivity index (χ3v) is 4.40. The predicted molar refractivity (Wildman–Crippen MR) is 106 cm³/mol. The van der Waals surface area contributed by atoms with Gasteiger partial charge in [0.05, 0.1) is 22.9 Å². The maximum Gasteiger partial charge on any atom is 0.338 e. The molecule has 0 radical (unpaired) electrons. The van der Waals surface area contributed by atoms with E-state index in [1.54, 1.807) is 67.3 Å². The highest BCUT2D eigenvalue weighted by Gasteiger charge is 2.22. The molecule has 7 heteroatoms. The largest absolute Gasteiger partial charge is 0.459 e. The van der Waals surface area contributed by atoms with Gasteiger partial charge in [0, 0.05) is 16.9 Å². The molecule has 0 saturated carbocycles. The minimum absolute atomic E-state index is 0.198. The van der Waals surface area contributed by atoms with Crippen LogP contribution >= 0.6 is 15.9 Å². The second kappa shape index (κ2) is 8.18. The molecule has 6 nitrogen and oxygen atoms in total. The molecular formula is C20H18BrN3O3. The number of esters is 1. The molecule has 3 rings (SSSR count). The summed E-state index contributed by atoms with van der Waals surface area (Å²) in [5, 5.41) is 1.48. The molecule has 0 saturated heterocycles. The standard InChI is InChI=1S/C20H18BrN3O3/c1-14(2)27-20(26)15-7-9-16(10-8-15)24(23-12-11-22-13-23)19(25)17-5-3-4-6-18(17)21/h3-14H,1-2H3. The Hall–Kier alpha value is -2.93. The summed E-state index contributed by atoms with van der Waals surface area (Å²) in [6.07, 6.45) is 4.61. The van der Waals surface area contributed by atoms with Crippen molar-refractivity contribution in [3.8, 4) is 0 Å². The Labute approximate surface area is 165 Å². The zero-order chi connectivity index (χ0) is 19.4. The number of hydrogen-bond acceptors (Lipinski definition) is 4. The van der Waals surface area contributed by atoms with E-state index in [4.69, 9.17) is 4.74 Å². The number of ether oxygens (including phenoxy) is 1. The van der Waals surface area contributed by atoms with Crippen LogP contribution in [0, 0.1) is 0 Å².